The summed E-state index contributed by atoms with van der Waals surface area (Å²) in [6.45, 7) is 5.84. The molecular formula is C16H18N4. The molecule has 0 atom stereocenters. The van der Waals surface area contributed by atoms with Crippen LogP contribution in [0.2, 0.25) is 0 Å². The van der Waals surface area contributed by atoms with Crippen LogP contribution in [-0.4, -0.2) is 15.0 Å². The molecule has 2 aliphatic rings. The molecule has 0 spiro atoms. The van der Waals surface area contributed by atoms with E-state index < -0.39 is 0 Å². The van der Waals surface area contributed by atoms with E-state index in [1.54, 1.807) is 0 Å². The average molecular weight is 266 g/mol. The first-order valence-corrected chi connectivity index (χ1v) is 7.27. The summed E-state index contributed by atoms with van der Waals surface area (Å²) >= 11 is 0. The Bertz CT molecular complexity index is 669. The zero-order chi connectivity index (χ0) is 13.7. The fourth-order valence-electron chi connectivity index (χ4n) is 2.98. The fourth-order valence-corrected chi connectivity index (χ4v) is 2.98. The van der Waals surface area contributed by atoms with Gasteiger partial charge in [-0.2, -0.15) is 0 Å². The van der Waals surface area contributed by atoms with Crippen molar-refractivity contribution >= 4 is 0 Å². The summed E-state index contributed by atoms with van der Waals surface area (Å²) in [5.41, 5.74) is 6.95. The highest BCUT2D eigenvalue weighted by Crippen LogP contribution is 2.42. The van der Waals surface area contributed by atoms with Crippen LogP contribution in [0.1, 0.15) is 47.1 Å². The molecule has 1 saturated carbocycles. The molecule has 4 rings (SSSR count). The van der Waals surface area contributed by atoms with E-state index in [2.05, 4.69) is 22.4 Å². The Labute approximate surface area is 118 Å². The Balaban J connectivity index is 1.87. The van der Waals surface area contributed by atoms with Crippen molar-refractivity contribution in [2.75, 3.05) is 0 Å². The molecule has 102 valence electrons. The maximum absolute atomic E-state index is 4.88. The van der Waals surface area contributed by atoms with Crippen molar-refractivity contribution in [1.82, 2.24) is 20.3 Å². The van der Waals surface area contributed by atoms with Crippen LogP contribution in [0.4, 0.5) is 0 Å². The highest BCUT2D eigenvalue weighted by atomic mass is 15.0. The van der Waals surface area contributed by atoms with E-state index in [4.69, 9.17) is 9.97 Å². The molecule has 1 fully saturated rings. The number of aromatic nitrogens is 3. The summed E-state index contributed by atoms with van der Waals surface area (Å²) in [5, 5.41) is 3.40. The van der Waals surface area contributed by atoms with Crippen LogP contribution in [0.25, 0.3) is 11.4 Å². The third-order valence-electron chi connectivity index (χ3n) is 4.02. The van der Waals surface area contributed by atoms with E-state index in [-0.39, 0.29) is 0 Å². The van der Waals surface area contributed by atoms with E-state index in [1.807, 2.05) is 13.8 Å². The molecule has 1 aliphatic heterocycles. The highest BCUT2D eigenvalue weighted by molar-refractivity contribution is 5.57. The molecule has 4 nitrogen and oxygen atoms in total. The van der Waals surface area contributed by atoms with Gasteiger partial charge in [0.2, 0.25) is 0 Å². The molecule has 0 radical (unpaired) electrons. The lowest BCUT2D eigenvalue weighted by Crippen LogP contribution is -2.03. The average Bonchev–Trinajstić information content (AvgIpc) is 3.14. The second-order valence-corrected chi connectivity index (χ2v) is 5.87. The van der Waals surface area contributed by atoms with Crippen molar-refractivity contribution in [1.29, 1.82) is 0 Å². The van der Waals surface area contributed by atoms with E-state index in [1.165, 1.54) is 29.8 Å². The molecule has 2 aromatic rings. The predicted octanol–water partition coefficient (Wildman–Crippen LogP) is 2.64. The molecule has 2 aromatic heterocycles. The van der Waals surface area contributed by atoms with Crippen molar-refractivity contribution in [3.05, 3.63) is 40.5 Å². The van der Waals surface area contributed by atoms with Gasteiger partial charge in [0.25, 0.3) is 0 Å². The van der Waals surface area contributed by atoms with Gasteiger partial charge in [-0.1, -0.05) is 0 Å². The number of rotatable bonds is 2. The van der Waals surface area contributed by atoms with Crippen molar-refractivity contribution in [3.8, 4) is 11.4 Å². The quantitative estimate of drug-likeness (QED) is 0.908. The van der Waals surface area contributed by atoms with Crippen molar-refractivity contribution in [2.24, 2.45) is 0 Å². The fraction of sp³-hybridized carbons (Fsp3) is 0.438. The van der Waals surface area contributed by atoms with Crippen LogP contribution >= 0.6 is 0 Å². The molecular weight excluding hydrogens is 248 g/mol. The van der Waals surface area contributed by atoms with Gasteiger partial charge in [-0.05, 0) is 38.8 Å². The zero-order valence-electron chi connectivity index (χ0n) is 11.9. The van der Waals surface area contributed by atoms with Crippen LogP contribution in [0.15, 0.2) is 12.1 Å². The lowest BCUT2D eigenvalue weighted by molar-refractivity contribution is 0.755. The molecule has 0 bridgehead atoms. The first-order valence-electron chi connectivity index (χ1n) is 7.27. The number of pyridine rings is 1. The van der Waals surface area contributed by atoms with E-state index in [0.717, 1.165) is 35.9 Å². The first kappa shape index (κ1) is 12.0. The number of aryl methyl sites for hydroxylation is 2. The number of hydrogen-bond donors (Lipinski definition) is 1. The third kappa shape index (κ3) is 2.00. The van der Waals surface area contributed by atoms with Gasteiger partial charge in [0, 0.05) is 41.5 Å². The molecule has 0 amide bonds. The maximum atomic E-state index is 4.88. The maximum Gasteiger partial charge on any atom is 0.159 e. The zero-order valence-corrected chi connectivity index (χ0v) is 11.9. The van der Waals surface area contributed by atoms with E-state index in [9.17, 15) is 0 Å². The minimum atomic E-state index is 0.662. The molecule has 0 saturated heterocycles. The number of nitrogens with one attached hydrogen (secondary N) is 1. The highest BCUT2D eigenvalue weighted by Gasteiger charge is 2.31. The lowest BCUT2D eigenvalue weighted by atomic mass is 10.1. The second kappa shape index (κ2) is 4.35. The van der Waals surface area contributed by atoms with Crippen molar-refractivity contribution in [3.63, 3.8) is 0 Å². The van der Waals surface area contributed by atoms with Gasteiger partial charge >= 0.3 is 0 Å². The summed E-state index contributed by atoms with van der Waals surface area (Å²) < 4.78 is 0. The predicted molar refractivity (Wildman–Crippen MR) is 77.3 cm³/mol. The SMILES string of the molecule is Cc1cc(-c2nc3c(c(C4CC4)n2)CNC3)cc(C)n1. The van der Waals surface area contributed by atoms with Gasteiger partial charge in [0.1, 0.15) is 0 Å². The van der Waals surface area contributed by atoms with Gasteiger partial charge in [0.15, 0.2) is 5.82 Å². The normalized spacial score (nSPS) is 17.3. The van der Waals surface area contributed by atoms with Crippen LogP contribution in [0.5, 0.6) is 0 Å². The Kier molecular flexibility index (Phi) is 2.60. The monoisotopic (exact) mass is 266 g/mol. The van der Waals surface area contributed by atoms with Gasteiger partial charge in [-0.3, -0.25) is 4.98 Å². The molecule has 1 aliphatic carbocycles. The number of nitrogens with zero attached hydrogens (tertiary/aromatic N) is 3. The van der Waals surface area contributed by atoms with Gasteiger partial charge in [-0.15, -0.1) is 0 Å². The van der Waals surface area contributed by atoms with Crippen LogP contribution in [-0.2, 0) is 13.1 Å². The molecule has 1 N–H and O–H groups in total. The molecule has 20 heavy (non-hydrogen) atoms. The topological polar surface area (TPSA) is 50.7 Å². The van der Waals surface area contributed by atoms with Gasteiger partial charge in [0.05, 0.1) is 11.4 Å². The van der Waals surface area contributed by atoms with Crippen LogP contribution in [0.3, 0.4) is 0 Å². The van der Waals surface area contributed by atoms with Crippen molar-refractivity contribution in [2.45, 2.75) is 45.7 Å². The first-order chi connectivity index (χ1) is 9.70. The minimum absolute atomic E-state index is 0.662. The second-order valence-electron chi connectivity index (χ2n) is 5.87. The lowest BCUT2D eigenvalue weighted by Gasteiger charge is -2.10. The number of fused-ring (bicyclic) bond motifs is 1. The Morgan fingerprint density at radius 3 is 2.45 bits per heavy atom. The Hall–Kier alpha value is -1.81. The van der Waals surface area contributed by atoms with Crippen molar-refractivity contribution < 1.29 is 0 Å². The Morgan fingerprint density at radius 2 is 1.75 bits per heavy atom. The smallest absolute Gasteiger partial charge is 0.159 e. The summed E-state index contributed by atoms with van der Waals surface area (Å²) in [6, 6.07) is 4.15. The van der Waals surface area contributed by atoms with Gasteiger partial charge < -0.3 is 5.32 Å². The van der Waals surface area contributed by atoms with Gasteiger partial charge in [-0.25, -0.2) is 9.97 Å². The summed E-state index contributed by atoms with van der Waals surface area (Å²) in [5.74, 6) is 1.53. The summed E-state index contributed by atoms with van der Waals surface area (Å²) in [6.07, 6.45) is 2.55. The summed E-state index contributed by atoms with van der Waals surface area (Å²) in [7, 11) is 0. The van der Waals surface area contributed by atoms with E-state index in [0.29, 0.717) is 5.92 Å². The minimum Gasteiger partial charge on any atom is -0.307 e. The molecule has 0 aromatic carbocycles. The molecule has 3 heterocycles. The largest absolute Gasteiger partial charge is 0.307 e. The Morgan fingerprint density at radius 1 is 1.00 bits per heavy atom. The third-order valence-corrected chi connectivity index (χ3v) is 4.02. The molecule has 4 heteroatoms. The molecule has 0 unspecified atom stereocenters. The standard InChI is InChI=1S/C16H18N4/c1-9-5-12(6-10(2)18-9)16-19-14-8-17-7-13(14)15(20-16)11-3-4-11/h5-6,11,17H,3-4,7-8H2,1-2H3. The van der Waals surface area contributed by atoms with E-state index >= 15 is 0 Å². The van der Waals surface area contributed by atoms with Crippen LogP contribution < -0.4 is 5.32 Å². The van der Waals surface area contributed by atoms with Crippen LogP contribution in [0, 0.1) is 13.8 Å². The summed E-state index contributed by atoms with van der Waals surface area (Å²) in [4.78, 5) is 14.1. The number of hydrogen-bond acceptors (Lipinski definition) is 4.